The first-order valence-corrected chi connectivity index (χ1v) is 10.4. The number of nitrogen functional groups attached to an aromatic ring is 1. The number of carbonyl (C=O) groups excluding carboxylic acids is 1. The Labute approximate surface area is 205 Å². The van der Waals surface area contributed by atoms with Crippen molar-refractivity contribution in [3.05, 3.63) is 91.0 Å². The first kappa shape index (κ1) is 23.4. The summed E-state index contributed by atoms with van der Waals surface area (Å²) < 4.78 is 11.7. The van der Waals surface area contributed by atoms with Crippen LogP contribution in [-0.4, -0.2) is 20.9 Å². The number of amides is 1. The van der Waals surface area contributed by atoms with Gasteiger partial charge in [0.2, 0.25) is 5.88 Å². The summed E-state index contributed by atoms with van der Waals surface area (Å²) in [5.41, 5.74) is 7.88. The van der Waals surface area contributed by atoms with E-state index < -0.39 is 5.91 Å². The van der Waals surface area contributed by atoms with E-state index in [2.05, 4.69) is 32.9 Å². The van der Waals surface area contributed by atoms with Crippen molar-refractivity contribution < 1.29 is 14.3 Å². The lowest BCUT2D eigenvalue weighted by atomic mass is 10.1. The van der Waals surface area contributed by atoms with Crippen LogP contribution in [0.25, 0.3) is 11.1 Å². The molecule has 0 atom stereocenters. The van der Waals surface area contributed by atoms with E-state index >= 15 is 0 Å². The molecular formula is C26H17N7O3. The molecule has 0 aliphatic rings. The number of benzene rings is 2. The molecular weight excluding hydrogens is 458 g/mol. The van der Waals surface area contributed by atoms with Crippen LogP contribution in [0.3, 0.4) is 0 Å². The van der Waals surface area contributed by atoms with Gasteiger partial charge in [0, 0.05) is 6.07 Å². The molecule has 0 bridgehead atoms. The molecule has 0 unspecified atom stereocenters. The van der Waals surface area contributed by atoms with Crippen molar-refractivity contribution in [1.82, 2.24) is 15.0 Å². The number of hydrogen-bond donors (Lipinski definition) is 2. The van der Waals surface area contributed by atoms with E-state index in [1.165, 1.54) is 24.8 Å². The molecule has 3 N–H and O–H groups in total. The van der Waals surface area contributed by atoms with Gasteiger partial charge in [-0.05, 0) is 42.0 Å². The highest BCUT2D eigenvalue weighted by Crippen LogP contribution is 2.36. The van der Waals surface area contributed by atoms with Crippen molar-refractivity contribution >= 4 is 17.4 Å². The Bertz CT molecular complexity index is 1520. The molecule has 0 aliphatic carbocycles. The van der Waals surface area contributed by atoms with E-state index in [4.69, 9.17) is 25.7 Å². The zero-order valence-corrected chi connectivity index (χ0v) is 18.7. The minimum absolute atomic E-state index is 0.176. The summed E-state index contributed by atoms with van der Waals surface area (Å²) in [7, 11) is 0. The quantitative estimate of drug-likeness (QED) is 0.288. The number of rotatable bonds is 7. The second-order valence-electron chi connectivity index (χ2n) is 7.26. The average Bonchev–Trinajstić information content (AvgIpc) is 2.89. The third kappa shape index (κ3) is 5.42. The number of anilines is 2. The van der Waals surface area contributed by atoms with Crippen LogP contribution in [0.5, 0.6) is 23.1 Å². The number of carbonyl (C=O) groups is 1. The summed E-state index contributed by atoms with van der Waals surface area (Å²) in [5.74, 6) is 1.17. The van der Waals surface area contributed by atoms with Crippen LogP contribution in [0.2, 0.25) is 0 Å². The van der Waals surface area contributed by atoms with Crippen molar-refractivity contribution in [1.29, 1.82) is 10.5 Å². The molecule has 1 amide bonds. The maximum absolute atomic E-state index is 11.9. The van der Waals surface area contributed by atoms with Crippen LogP contribution in [0, 0.1) is 22.7 Å². The van der Waals surface area contributed by atoms with Crippen molar-refractivity contribution in [3.8, 4) is 46.4 Å². The van der Waals surface area contributed by atoms with Gasteiger partial charge >= 0.3 is 0 Å². The van der Waals surface area contributed by atoms with Gasteiger partial charge < -0.3 is 20.5 Å². The molecule has 2 heterocycles. The summed E-state index contributed by atoms with van der Waals surface area (Å²) in [4.78, 5) is 24.2. The molecule has 10 nitrogen and oxygen atoms in total. The minimum Gasteiger partial charge on any atom is -0.457 e. The number of nitrogens with zero attached hydrogens (tertiary/aromatic N) is 5. The molecule has 174 valence electrons. The number of pyridine rings is 1. The van der Waals surface area contributed by atoms with Crippen LogP contribution in [0.15, 0.2) is 85.5 Å². The first-order valence-electron chi connectivity index (χ1n) is 10.4. The Hall–Kier alpha value is -5.74. The van der Waals surface area contributed by atoms with Gasteiger partial charge in [-0.15, -0.1) is 0 Å². The van der Waals surface area contributed by atoms with Gasteiger partial charge in [-0.1, -0.05) is 18.7 Å². The van der Waals surface area contributed by atoms with Gasteiger partial charge in [-0.25, -0.2) is 9.97 Å². The molecule has 36 heavy (non-hydrogen) atoms. The number of hydrogen-bond acceptors (Lipinski definition) is 9. The Balaban J connectivity index is 1.55. The fraction of sp³-hybridized carbons (Fsp3) is 0. The maximum atomic E-state index is 11.9. The highest BCUT2D eigenvalue weighted by molar-refractivity contribution is 6.06. The van der Waals surface area contributed by atoms with E-state index in [1.54, 1.807) is 54.6 Å². The molecule has 0 saturated carbocycles. The van der Waals surface area contributed by atoms with Crippen molar-refractivity contribution in [2.75, 3.05) is 11.1 Å². The zero-order valence-electron chi connectivity index (χ0n) is 18.7. The summed E-state index contributed by atoms with van der Waals surface area (Å²) in [5, 5.41) is 20.2. The fourth-order valence-electron chi connectivity index (χ4n) is 3.07. The summed E-state index contributed by atoms with van der Waals surface area (Å²) in [6, 6.07) is 19.1. The zero-order chi connectivity index (χ0) is 25.5. The van der Waals surface area contributed by atoms with E-state index in [-0.39, 0.29) is 23.0 Å². The Morgan fingerprint density at radius 2 is 1.64 bits per heavy atom. The molecule has 2 aromatic heterocycles. The number of aromatic nitrogens is 3. The number of nitriles is 2. The first-order chi connectivity index (χ1) is 17.5. The summed E-state index contributed by atoms with van der Waals surface area (Å²) in [6.07, 6.45) is 4.11. The van der Waals surface area contributed by atoms with E-state index in [0.717, 1.165) is 0 Å². The lowest BCUT2D eigenvalue weighted by Crippen LogP contribution is -2.12. The van der Waals surface area contributed by atoms with Crippen LogP contribution in [0.4, 0.5) is 11.5 Å². The van der Waals surface area contributed by atoms with Crippen molar-refractivity contribution in [3.63, 3.8) is 0 Å². The van der Waals surface area contributed by atoms with Gasteiger partial charge in [0.25, 0.3) is 5.91 Å². The van der Waals surface area contributed by atoms with E-state index in [0.29, 0.717) is 33.9 Å². The molecule has 0 aliphatic heterocycles. The third-order valence-corrected chi connectivity index (χ3v) is 4.80. The van der Waals surface area contributed by atoms with Crippen LogP contribution in [0.1, 0.15) is 5.56 Å². The number of nitrogens with two attached hydrogens (primary N) is 1. The van der Waals surface area contributed by atoms with Gasteiger partial charge in [-0.3, -0.25) is 9.78 Å². The molecule has 0 spiro atoms. The molecule has 0 fully saturated rings. The Morgan fingerprint density at radius 1 is 0.944 bits per heavy atom. The normalized spacial score (nSPS) is 9.94. The SMILES string of the molecule is C=C(C#N)C(=O)Nc1cncc(Oc2ncnc(N)c2-c2ccc(Oc3ccc(C#N)cc3)cc2)c1. The summed E-state index contributed by atoms with van der Waals surface area (Å²) >= 11 is 0. The highest BCUT2D eigenvalue weighted by atomic mass is 16.5. The number of nitrogens with one attached hydrogen (secondary N) is 1. The lowest BCUT2D eigenvalue weighted by Gasteiger charge is -2.13. The third-order valence-electron chi connectivity index (χ3n) is 4.80. The fourth-order valence-corrected chi connectivity index (χ4v) is 3.07. The molecule has 2 aromatic carbocycles. The lowest BCUT2D eigenvalue weighted by molar-refractivity contribution is -0.112. The van der Waals surface area contributed by atoms with E-state index in [9.17, 15) is 4.79 Å². The second kappa shape index (κ2) is 10.5. The van der Waals surface area contributed by atoms with Crippen molar-refractivity contribution in [2.24, 2.45) is 0 Å². The standard InChI is InChI=1S/C26H17N7O3/c1-16(11-27)25(34)33-19-10-22(14-30-13-19)36-26-23(24(29)31-15-32-26)18-4-8-21(9-5-18)35-20-6-2-17(12-28)3-7-20/h2-10,13-15H,1H2,(H,33,34)(H2,29,31,32). The predicted octanol–water partition coefficient (Wildman–Crippen LogP) is 4.60. The number of ether oxygens (including phenoxy) is 2. The van der Waals surface area contributed by atoms with Crippen LogP contribution >= 0.6 is 0 Å². The minimum atomic E-state index is -0.647. The molecule has 10 heteroatoms. The van der Waals surface area contributed by atoms with Gasteiger partial charge in [0.05, 0.1) is 35.3 Å². The summed E-state index contributed by atoms with van der Waals surface area (Å²) in [6.45, 7) is 3.37. The second-order valence-corrected chi connectivity index (χ2v) is 7.26. The largest absolute Gasteiger partial charge is 0.457 e. The average molecular weight is 475 g/mol. The molecule has 4 rings (SSSR count). The van der Waals surface area contributed by atoms with Gasteiger partial charge in [0.15, 0.2) is 0 Å². The molecule has 0 saturated heterocycles. The topological polar surface area (TPSA) is 160 Å². The van der Waals surface area contributed by atoms with Crippen LogP contribution in [-0.2, 0) is 4.79 Å². The van der Waals surface area contributed by atoms with Crippen LogP contribution < -0.4 is 20.5 Å². The van der Waals surface area contributed by atoms with Gasteiger partial charge in [-0.2, -0.15) is 10.5 Å². The van der Waals surface area contributed by atoms with Gasteiger partial charge in [0.1, 0.15) is 41.0 Å². The Kier molecular flexibility index (Phi) is 6.81. The smallest absolute Gasteiger partial charge is 0.265 e. The molecule has 0 radical (unpaired) electrons. The van der Waals surface area contributed by atoms with Crippen molar-refractivity contribution in [2.45, 2.75) is 0 Å². The van der Waals surface area contributed by atoms with E-state index in [1.807, 2.05) is 0 Å². The highest BCUT2D eigenvalue weighted by Gasteiger charge is 2.15. The maximum Gasteiger partial charge on any atom is 0.265 e. The monoisotopic (exact) mass is 475 g/mol. The predicted molar refractivity (Wildman–Crippen MR) is 131 cm³/mol. The Morgan fingerprint density at radius 3 is 2.31 bits per heavy atom. The molecule has 4 aromatic rings.